The topological polar surface area (TPSA) is 132 Å². The summed E-state index contributed by atoms with van der Waals surface area (Å²) in [4.78, 5) is 27.2. The molecule has 2 N–H and O–H groups in total. The molecule has 0 saturated carbocycles. The van der Waals surface area contributed by atoms with E-state index in [2.05, 4.69) is 5.10 Å². The van der Waals surface area contributed by atoms with Crippen LogP contribution in [-0.2, 0) is 27.9 Å². The van der Waals surface area contributed by atoms with Gasteiger partial charge in [0.05, 0.1) is 18.1 Å². The second-order valence-corrected chi connectivity index (χ2v) is 10.8. The highest BCUT2D eigenvalue weighted by atomic mass is 32.2. The van der Waals surface area contributed by atoms with Crippen LogP contribution < -0.4 is 10.6 Å². The van der Waals surface area contributed by atoms with Crippen LogP contribution in [0.25, 0.3) is 0 Å². The number of carbonyl (C=O) groups is 2. The lowest BCUT2D eigenvalue weighted by Gasteiger charge is -2.44. The lowest BCUT2D eigenvalue weighted by molar-refractivity contribution is -0.205. The lowest BCUT2D eigenvalue weighted by Crippen LogP contribution is -2.67. The molecular formula is C23H23F4N5O5S. The Bertz CT molecular complexity index is 1500. The van der Waals surface area contributed by atoms with Crippen molar-refractivity contribution in [2.75, 3.05) is 18.2 Å². The smallest absolute Gasteiger partial charge is 0.411 e. The maximum Gasteiger partial charge on any atom is 0.411 e. The number of sulfonamides is 1. The minimum atomic E-state index is -5.22. The van der Waals surface area contributed by atoms with Gasteiger partial charge in [-0.05, 0) is 18.1 Å². The first-order valence-corrected chi connectivity index (χ1v) is 13.0. The molecule has 2 atom stereocenters. The van der Waals surface area contributed by atoms with Crippen LogP contribution in [-0.4, -0.2) is 59.8 Å². The molecule has 1 aromatic carbocycles. The Morgan fingerprint density at radius 3 is 2.29 bits per heavy atom. The van der Waals surface area contributed by atoms with Gasteiger partial charge < -0.3 is 15.1 Å². The van der Waals surface area contributed by atoms with Gasteiger partial charge in [0.1, 0.15) is 17.9 Å². The van der Waals surface area contributed by atoms with Gasteiger partial charge in [-0.3, -0.25) is 9.59 Å². The number of halogens is 4. The van der Waals surface area contributed by atoms with Gasteiger partial charge in [0.2, 0.25) is 15.9 Å². The molecule has 204 valence electrons. The maximum atomic E-state index is 15.9. The van der Waals surface area contributed by atoms with Gasteiger partial charge in [-0.1, -0.05) is 24.3 Å². The molecule has 1 saturated heterocycles. The number of nitrogens with zero attached hydrogens (tertiary/aromatic N) is 4. The quantitative estimate of drug-likeness (QED) is 0.346. The summed E-state index contributed by atoms with van der Waals surface area (Å²) in [6.07, 6.45) is -2.46. The summed E-state index contributed by atoms with van der Waals surface area (Å²) in [6, 6.07) is 4.01. The Labute approximate surface area is 214 Å². The molecule has 1 fully saturated rings. The summed E-state index contributed by atoms with van der Waals surface area (Å²) in [5.41, 5.74) is 6.41. The maximum absolute atomic E-state index is 15.9. The second kappa shape index (κ2) is 9.54. The van der Waals surface area contributed by atoms with Crippen molar-refractivity contribution < 1.29 is 40.0 Å². The number of carbonyl (C=O) groups excluding carboxylic acids is 2. The first kappa shape index (κ1) is 27.3. The minimum absolute atomic E-state index is 0.00132. The Balaban J connectivity index is 1.83. The van der Waals surface area contributed by atoms with E-state index in [1.165, 1.54) is 25.1 Å². The van der Waals surface area contributed by atoms with Gasteiger partial charge in [-0.25, -0.2) is 17.1 Å². The van der Waals surface area contributed by atoms with Gasteiger partial charge in [-0.2, -0.15) is 23.0 Å². The molecule has 3 aromatic rings. The highest BCUT2D eigenvalue weighted by Gasteiger charge is 2.66. The fraction of sp³-hybridized carbons (Fsp3) is 0.348. The summed E-state index contributed by atoms with van der Waals surface area (Å²) >= 11 is 0. The molecule has 15 heteroatoms. The first-order valence-electron chi connectivity index (χ1n) is 11.1. The number of hydrogen-bond donors (Lipinski definition) is 1. The third kappa shape index (κ3) is 4.67. The van der Waals surface area contributed by atoms with Crippen molar-refractivity contribution in [3.05, 3.63) is 70.6 Å². The Morgan fingerprint density at radius 1 is 1.18 bits per heavy atom. The van der Waals surface area contributed by atoms with Crippen LogP contribution in [0.4, 0.5) is 23.4 Å². The highest BCUT2D eigenvalue weighted by Crippen LogP contribution is 2.47. The lowest BCUT2D eigenvalue weighted by atomic mass is 9.86. The number of nitrogens with two attached hydrogens (primary N) is 1. The number of β-lactam (4-membered cyclic amide) rings is 1. The number of furan rings is 1. The average Bonchev–Trinajstić information content (AvgIpc) is 3.39. The molecule has 10 nitrogen and oxygen atoms in total. The van der Waals surface area contributed by atoms with Gasteiger partial charge in [-0.15, -0.1) is 0 Å². The SMILES string of the molecule is Cc1cocc1C(=O)n1nc(C2C(=O)N(S(C)(=O)=O)C2C(F)(F)F)c(F)c1N(C)Cc1ccc(CN)cc1. The zero-order valence-corrected chi connectivity index (χ0v) is 21.2. The minimum Gasteiger partial charge on any atom is -0.471 e. The molecule has 0 radical (unpaired) electrons. The summed E-state index contributed by atoms with van der Waals surface area (Å²) in [6.45, 7) is 1.82. The van der Waals surface area contributed by atoms with Crippen LogP contribution in [0.2, 0.25) is 0 Å². The Kier molecular flexibility index (Phi) is 6.86. The number of aromatic nitrogens is 2. The monoisotopic (exact) mass is 557 g/mol. The van der Waals surface area contributed by atoms with Gasteiger partial charge >= 0.3 is 6.18 Å². The number of anilines is 1. The van der Waals surface area contributed by atoms with E-state index in [4.69, 9.17) is 10.2 Å². The van der Waals surface area contributed by atoms with E-state index < -0.39 is 57.3 Å². The number of hydrogen-bond acceptors (Lipinski definition) is 8. The number of alkyl halides is 3. The van der Waals surface area contributed by atoms with Gasteiger partial charge in [0.25, 0.3) is 5.91 Å². The molecule has 1 amide bonds. The fourth-order valence-electron chi connectivity index (χ4n) is 4.32. The largest absolute Gasteiger partial charge is 0.471 e. The van der Waals surface area contributed by atoms with E-state index in [-0.39, 0.29) is 16.4 Å². The van der Waals surface area contributed by atoms with Crippen molar-refractivity contribution in [3.8, 4) is 0 Å². The molecule has 2 unspecified atom stereocenters. The summed E-state index contributed by atoms with van der Waals surface area (Å²) < 4.78 is 86.4. The molecule has 0 aliphatic carbocycles. The summed E-state index contributed by atoms with van der Waals surface area (Å²) in [7, 11) is -3.23. The molecule has 38 heavy (non-hydrogen) atoms. The molecule has 1 aliphatic rings. The van der Waals surface area contributed by atoms with Gasteiger partial charge in [0.15, 0.2) is 17.7 Å². The highest BCUT2D eigenvalue weighted by molar-refractivity contribution is 7.89. The fourth-order valence-corrected chi connectivity index (χ4v) is 5.41. The predicted molar refractivity (Wildman–Crippen MR) is 126 cm³/mol. The molecule has 2 aromatic heterocycles. The number of rotatable bonds is 7. The van der Waals surface area contributed by atoms with Crippen LogP contribution in [0.5, 0.6) is 0 Å². The third-order valence-corrected chi connectivity index (χ3v) is 7.31. The molecule has 4 rings (SSSR count). The van der Waals surface area contributed by atoms with E-state index >= 15 is 4.39 Å². The van der Waals surface area contributed by atoms with Crippen molar-refractivity contribution in [1.29, 1.82) is 0 Å². The zero-order chi connectivity index (χ0) is 28.2. The van der Waals surface area contributed by atoms with E-state index in [1.54, 1.807) is 24.3 Å². The van der Waals surface area contributed by atoms with Crippen LogP contribution in [0.15, 0.2) is 41.2 Å². The van der Waals surface area contributed by atoms with Crippen LogP contribution in [0.3, 0.4) is 0 Å². The van der Waals surface area contributed by atoms with Crippen molar-refractivity contribution in [2.24, 2.45) is 5.73 Å². The normalized spacial score (nSPS) is 18.0. The van der Waals surface area contributed by atoms with Crippen LogP contribution in [0, 0.1) is 12.7 Å². The van der Waals surface area contributed by atoms with Crippen LogP contribution >= 0.6 is 0 Å². The van der Waals surface area contributed by atoms with Crippen molar-refractivity contribution >= 4 is 27.7 Å². The first-order chi connectivity index (χ1) is 17.7. The molecule has 1 aliphatic heterocycles. The molecule has 0 spiro atoms. The van der Waals surface area contributed by atoms with Crippen molar-refractivity contribution in [2.45, 2.75) is 38.1 Å². The van der Waals surface area contributed by atoms with Crippen molar-refractivity contribution in [3.63, 3.8) is 0 Å². The number of aryl methyl sites for hydroxylation is 1. The zero-order valence-electron chi connectivity index (χ0n) is 20.4. The number of benzene rings is 1. The summed E-state index contributed by atoms with van der Waals surface area (Å²) in [5.74, 6) is -6.60. The third-order valence-electron chi connectivity index (χ3n) is 6.19. The Hall–Kier alpha value is -3.72. The van der Waals surface area contributed by atoms with E-state index in [0.29, 0.717) is 28.6 Å². The van der Waals surface area contributed by atoms with E-state index in [1.807, 2.05) is 0 Å². The van der Waals surface area contributed by atoms with Crippen LogP contribution in [0.1, 0.15) is 38.7 Å². The second-order valence-electron chi connectivity index (χ2n) is 8.95. The van der Waals surface area contributed by atoms with E-state index in [0.717, 1.165) is 11.8 Å². The standard InChI is InChI=1S/C23H23F4N5O5S/c1-12-10-37-11-15(12)21(33)31-20(30(2)9-14-6-4-13(8-28)5-7-14)17(24)18(29-31)16-19(23(25,26)27)32(22(16)34)38(3,35)36/h4-7,10-11,16,19H,8-9,28H2,1-3H3. The molecule has 0 bridgehead atoms. The molecule has 3 heterocycles. The van der Waals surface area contributed by atoms with Crippen molar-refractivity contribution in [1.82, 2.24) is 14.1 Å². The Morgan fingerprint density at radius 2 is 1.79 bits per heavy atom. The van der Waals surface area contributed by atoms with Gasteiger partial charge in [0, 0.05) is 25.7 Å². The molecular weight excluding hydrogens is 534 g/mol. The summed E-state index contributed by atoms with van der Waals surface area (Å²) in [5, 5.41) is 3.80. The number of amides is 1. The van der Waals surface area contributed by atoms with E-state index in [9.17, 15) is 31.2 Å². The average molecular weight is 558 g/mol. The predicted octanol–water partition coefficient (Wildman–Crippen LogP) is 2.52.